The van der Waals surface area contributed by atoms with Crippen molar-refractivity contribution in [1.82, 2.24) is 20.1 Å². The summed E-state index contributed by atoms with van der Waals surface area (Å²) in [6, 6.07) is 6.03. The highest BCUT2D eigenvalue weighted by Crippen LogP contribution is 2.29. The first-order chi connectivity index (χ1) is 11.8. The Morgan fingerprint density at radius 3 is 2.88 bits per heavy atom. The lowest BCUT2D eigenvalue weighted by atomic mass is 10.1. The molecule has 1 aliphatic carbocycles. The van der Waals surface area contributed by atoms with E-state index in [1.165, 1.54) is 24.2 Å². The number of nitrogens with zero attached hydrogens (tertiary/aromatic N) is 4. The minimum absolute atomic E-state index is 0.264. The number of anilines is 1. The van der Waals surface area contributed by atoms with Gasteiger partial charge in [0.05, 0.1) is 0 Å². The van der Waals surface area contributed by atoms with Crippen LogP contribution in [0.15, 0.2) is 24.4 Å². The molecule has 0 bridgehead atoms. The van der Waals surface area contributed by atoms with E-state index in [9.17, 15) is 4.79 Å². The Bertz CT molecular complexity index is 698. The Hall–Kier alpha value is -2.02. The first-order valence-electron chi connectivity index (χ1n) is 8.60. The van der Waals surface area contributed by atoms with E-state index in [1.807, 2.05) is 23.1 Å². The molecule has 1 aliphatic heterocycles. The summed E-state index contributed by atoms with van der Waals surface area (Å²) in [5.41, 5.74) is 0.840. The molecule has 0 unspecified atom stereocenters. The zero-order valence-corrected chi connectivity index (χ0v) is 14.3. The summed E-state index contributed by atoms with van der Waals surface area (Å²) in [6.07, 6.45) is 7.26. The van der Waals surface area contributed by atoms with Crippen molar-refractivity contribution in [3.63, 3.8) is 0 Å². The van der Waals surface area contributed by atoms with Gasteiger partial charge < -0.3 is 10.2 Å². The molecule has 2 aromatic heterocycles. The second-order valence-corrected chi connectivity index (χ2v) is 7.50. The standard InChI is InChI=1S/C17H21N5OS/c23-16(12-5-1-2-6-12)22-10-8-13(11-22)19-17-21-20-15(24-17)14-7-3-4-9-18-14/h3-4,7,9,12-13H,1-2,5-6,8,10-11H2,(H,19,21)/t13-/m1/s1. The van der Waals surface area contributed by atoms with Crippen molar-refractivity contribution in [3.05, 3.63) is 24.4 Å². The Balaban J connectivity index is 1.35. The predicted molar refractivity (Wildman–Crippen MR) is 93.7 cm³/mol. The molecule has 24 heavy (non-hydrogen) atoms. The molecule has 0 spiro atoms. The van der Waals surface area contributed by atoms with Crippen LogP contribution in [0.3, 0.4) is 0 Å². The largest absolute Gasteiger partial charge is 0.355 e. The first kappa shape index (κ1) is 15.5. The third-order valence-corrected chi connectivity index (χ3v) is 5.72. The molecule has 3 heterocycles. The Morgan fingerprint density at radius 2 is 2.08 bits per heavy atom. The number of carbonyl (C=O) groups excluding carboxylic acids is 1. The van der Waals surface area contributed by atoms with Crippen LogP contribution in [-0.4, -0.2) is 45.1 Å². The third kappa shape index (κ3) is 3.26. The molecule has 7 heteroatoms. The second kappa shape index (κ2) is 6.84. The van der Waals surface area contributed by atoms with Crippen molar-refractivity contribution < 1.29 is 4.79 Å². The molecule has 6 nitrogen and oxygen atoms in total. The Labute approximate surface area is 145 Å². The van der Waals surface area contributed by atoms with Crippen molar-refractivity contribution in [1.29, 1.82) is 0 Å². The minimum Gasteiger partial charge on any atom is -0.355 e. The zero-order valence-electron chi connectivity index (χ0n) is 13.5. The fourth-order valence-corrected chi connectivity index (χ4v) is 4.36. The first-order valence-corrected chi connectivity index (χ1v) is 9.41. The number of amides is 1. The molecule has 1 saturated carbocycles. The lowest BCUT2D eigenvalue weighted by molar-refractivity contribution is -0.134. The summed E-state index contributed by atoms with van der Waals surface area (Å²) < 4.78 is 0. The van der Waals surface area contributed by atoms with Crippen LogP contribution in [0.2, 0.25) is 0 Å². The second-order valence-electron chi connectivity index (χ2n) is 6.52. The van der Waals surface area contributed by atoms with Crippen molar-refractivity contribution in [3.8, 4) is 10.7 Å². The number of nitrogens with one attached hydrogen (secondary N) is 1. The maximum Gasteiger partial charge on any atom is 0.225 e. The topological polar surface area (TPSA) is 71.0 Å². The molecule has 1 N–H and O–H groups in total. The molecule has 2 aliphatic rings. The average molecular weight is 343 g/mol. The summed E-state index contributed by atoms with van der Waals surface area (Å²) in [5.74, 6) is 0.615. The van der Waals surface area contributed by atoms with Crippen molar-refractivity contribution in [2.45, 2.75) is 38.1 Å². The fourth-order valence-electron chi connectivity index (χ4n) is 3.56. The summed E-state index contributed by atoms with van der Waals surface area (Å²) in [5, 5.41) is 13.5. The van der Waals surface area contributed by atoms with Crippen LogP contribution in [-0.2, 0) is 4.79 Å². The van der Waals surface area contributed by atoms with Gasteiger partial charge in [-0.2, -0.15) is 0 Å². The van der Waals surface area contributed by atoms with E-state index in [0.29, 0.717) is 5.91 Å². The molecule has 0 radical (unpaired) electrons. The Morgan fingerprint density at radius 1 is 1.21 bits per heavy atom. The van der Waals surface area contributed by atoms with Gasteiger partial charge in [0.25, 0.3) is 0 Å². The SMILES string of the molecule is O=C(C1CCCC1)N1CC[C@@H](Nc2nnc(-c3ccccn3)s2)C1. The van der Waals surface area contributed by atoms with Crippen LogP contribution < -0.4 is 5.32 Å². The van der Waals surface area contributed by atoms with E-state index in [2.05, 4.69) is 20.5 Å². The molecular weight excluding hydrogens is 322 g/mol. The fraction of sp³-hybridized carbons (Fsp3) is 0.529. The van der Waals surface area contributed by atoms with Crippen molar-refractivity contribution >= 4 is 22.4 Å². The summed E-state index contributed by atoms with van der Waals surface area (Å²) in [7, 11) is 0. The molecule has 1 saturated heterocycles. The maximum absolute atomic E-state index is 12.5. The van der Waals surface area contributed by atoms with Crippen LogP contribution in [0.1, 0.15) is 32.1 Å². The number of pyridine rings is 1. The highest BCUT2D eigenvalue weighted by atomic mass is 32.1. The Kier molecular flexibility index (Phi) is 4.42. The van der Waals surface area contributed by atoms with Gasteiger partial charge in [0, 0.05) is 31.2 Å². The van der Waals surface area contributed by atoms with E-state index < -0.39 is 0 Å². The number of hydrogen-bond acceptors (Lipinski definition) is 6. The molecular formula is C17H21N5OS. The van der Waals surface area contributed by atoms with Gasteiger partial charge in [-0.25, -0.2) is 0 Å². The normalized spacial score (nSPS) is 21.3. The molecule has 1 amide bonds. The van der Waals surface area contributed by atoms with Crippen molar-refractivity contribution in [2.75, 3.05) is 18.4 Å². The van der Waals surface area contributed by atoms with Crippen LogP contribution in [0.5, 0.6) is 0 Å². The van der Waals surface area contributed by atoms with E-state index >= 15 is 0 Å². The molecule has 4 rings (SSSR count). The van der Waals surface area contributed by atoms with Gasteiger partial charge in [-0.3, -0.25) is 9.78 Å². The van der Waals surface area contributed by atoms with Gasteiger partial charge in [-0.1, -0.05) is 30.2 Å². The monoisotopic (exact) mass is 343 g/mol. The van der Waals surface area contributed by atoms with E-state index in [-0.39, 0.29) is 12.0 Å². The molecule has 1 atom stereocenters. The van der Waals surface area contributed by atoms with E-state index in [0.717, 1.165) is 48.2 Å². The van der Waals surface area contributed by atoms with Gasteiger partial charge in [0.15, 0.2) is 5.01 Å². The van der Waals surface area contributed by atoms with Crippen LogP contribution in [0.25, 0.3) is 10.7 Å². The molecule has 0 aromatic carbocycles. The zero-order chi connectivity index (χ0) is 16.4. The average Bonchev–Trinajstić information content (AvgIpc) is 3.37. The predicted octanol–water partition coefficient (Wildman–Crippen LogP) is 2.80. The van der Waals surface area contributed by atoms with Gasteiger partial charge in [-0.15, -0.1) is 10.2 Å². The molecule has 2 fully saturated rings. The van der Waals surface area contributed by atoms with E-state index in [4.69, 9.17) is 0 Å². The summed E-state index contributed by atoms with van der Waals surface area (Å²) >= 11 is 1.51. The van der Waals surface area contributed by atoms with E-state index in [1.54, 1.807) is 6.20 Å². The summed E-state index contributed by atoms with van der Waals surface area (Å²) in [4.78, 5) is 18.8. The van der Waals surface area contributed by atoms with Gasteiger partial charge in [0.1, 0.15) is 5.69 Å². The van der Waals surface area contributed by atoms with Gasteiger partial charge >= 0.3 is 0 Å². The van der Waals surface area contributed by atoms with Crippen LogP contribution in [0, 0.1) is 5.92 Å². The quantitative estimate of drug-likeness (QED) is 0.924. The van der Waals surface area contributed by atoms with Gasteiger partial charge in [0.2, 0.25) is 11.0 Å². The van der Waals surface area contributed by atoms with Crippen molar-refractivity contribution in [2.24, 2.45) is 5.92 Å². The minimum atomic E-state index is 0.264. The number of rotatable bonds is 4. The van der Waals surface area contributed by atoms with Gasteiger partial charge in [-0.05, 0) is 31.4 Å². The maximum atomic E-state index is 12.5. The lowest BCUT2D eigenvalue weighted by Gasteiger charge is -2.20. The molecule has 2 aromatic rings. The smallest absolute Gasteiger partial charge is 0.225 e. The number of carbonyl (C=O) groups is 1. The number of likely N-dealkylation sites (tertiary alicyclic amines) is 1. The highest BCUT2D eigenvalue weighted by molar-refractivity contribution is 7.18. The number of aromatic nitrogens is 3. The third-order valence-electron chi connectivity index (χ3n) is 4.84. The van der Waals surface area contributed by atoms with Crippen LogP contribution >= 0.6 is 11.3 Å². The highest BCUT2D eigenvalue weighted by Gasteiger charge is 2.32. The number of hydrogen-bond donors (Lipinski definition) is 1. The lowest BCUT2D eigenvalue weighted by Crippen LogP contribution is -2.35. The molecule has 126 valence electrons. The summed E-state index contributed by atoms with van der Waals surface area (Å²) in [6.45, 7) is 1.62. The van der Waals surface area contributed by atoms with Crippen LogP contribution in [0.4, 0.5) is 5.13 Å².